The summed E-state index contributed by atoms with van der Waals surface area (Å²) in [7, 11) is 0. The molecule has 0 fully saturated rings. The maximum atomic E-state index is 13.4. The molecular weight excluding hydrogens is 329 g/mol. The van der Waals surface area contributed by atoms with E-state index in [0.29, 0.717) is 23.6 Å². The van der Waals surface area contributed by atoms with Crippen molar-refractivity contribution in [3.63, 3.8) is 0 Å². The molecule has 130 valence electrons. The number of halogens is 1. The molecule has 0 spiro atoms. The number of carbonyl (C=O) groups excluding carboxylic acids is 1. The molecule has 26 heavy (non-hydrogen) atoms. The molecule has 2 heterocycles. The molecule has 1 amide bonds. The second-order valence-electron chi connectivity index (χ2n) is 6.41. The summed E-state index contributed by atoms with van der Waals surface area (Å²) < 4.78 is 13.4. The number of pyridine rings is 1. The number of fused-ring (bicyclic) bond motifs is 1. The van der Waals surface area contributed by atoms with E-state index in [4.69, 9.17) is 0 Å². The Balaban J connectivity index is 1.68. The van der Waals surface area contributed by atoms with Gasteiger partial charge in [-0.25, -0.2) is 9.37 Å². The van der Waals surface area contributed by atoms with Crippen molar-refractivity contribution in [3.8, 4) is 0 Å². The number of carbonyl (C=O) groups is 1. The first kappa shape index (κ1) is 16.3. The van der Waals surface area contributed by atoms with Gasteiger partial charge in [0.05, 0.1) is 5.56 Å². The molecule has 1 aliphatic rings. The van der Waals surface area contributed by atoms with Crippen LogP contribution in [0.15, 0.2) is 66.9 Å². The monoisotopic (exact) mass is 347 g/mol. The minimum atomic E-state index is -0.346. The van der Waals surface area contributed by atoms with Crippen LogP contribution in [0.1, 0.15) is 28.8 Å². The number of hydrogen-bond donors (Lipinski definition) is 1. The Labute approximate surface area is 151 Å². The van der Waals surface area contributed by atoms with Gasteiger partial charge in [-0.2, -0.15) is 0 Å². The van der Waals surface area contributed by atoms with Crippen molar-refractivity contribution in [1.82, 2.24) is 4.98 Å². The molecule has 0 aliphatic carbocycles. The predicted molar refractivity (Wildman–Crippen MR) is 100 cm³/mol. The van der Waals surface area contributed by atoms with Gasteiger partial charge in [0.2, 0.25) is 0 Å². The van der Waals surface area contributed by atoms with Gasteiger partial charge in [-0.15, -0.1) is 0 Å². The fraction of sp³-hybridized carbons (Fsp3) is 0.143. The van der Waals surface area contributed by atoms with Crippen LogP contribution in [0.5, 0.6) is 0 Å². The van der Waals surface area contributed by atoms with Crippen LogP contribution in [-0.4, -0.2) is 17.4 Å². The van der Waals surface area contributed by atoms with E-state index in [2.05, 4.69) is 23.3 Å². The molecule has 5 heteroatoms. The molecule has 2 aromatic carbocycles. The van der Waals surface area contributed by atoms with E-state index in [1.165, 1.54) is 17.7 Å². The fourth-order valence-electron chi connectivity index (χ4n) is 3.34. The Hall–Kier alpha value is -3.21. The van der Waals surface area contributed by atoms with Gasteiger partial charge in [0.15, 0.2) is 0 Å². The second-order valence-corrected chi connectivity index (χ2v) is 6.41. The lowest BCUT2D eigenvalue weighted by Gasteiger charge is -2.19. The number of anilines is 3. The Bertz CT molecular complexity index is 973. The molecule has 1 aromatic heterocycles. The van der Waals surface area contributed by atoms with Gasteiger partial charge in [-0.1, -0.05) is 31.2 Å². The topological polar surface area (TPSA) is 45.2 Å². The summed E-state index contributed by atoms with van der Waals surface area (Å²) in [6.45, 7) is 2.74. The zero-order chi connectivity index (χ0) is 18.1. The molecule has 1 aliphatic heterocycles. The van der Waals surface area contributed by atoms with Crippen molar-refractivity contribution in [2.45, 2.75) is 12.8 Å². The smallest absolute Gasteiger partial charge is 0.262 e. The summed E-state index contributed by atoms with van der Waals surface area (Å²) in [6.07, 6.45) is 1.61. The Kier molecular flexibility index (Phi) is 4.13. The van der Waals surface area contributed by atoms with Crippen LogP contribution in [0.3, 0.4) is 0 Å². The van der Waals surface area contributed by atoms with E-state index in [1.807, 2.05) is 18.2 Å². The van der Waals surface area contributed by atoms with Crippen LogP contribution < -0.4 is 10.2 Å². The third kappa shape index (κ3) is 2.92. The summed E-state index contributed by atoms with van der Waals surface area (Å²) in [5, 5.41) is 3.05. The summed E-state index contributed by atoms with van der Waals surface area (Å²) in [5.74, 6) is 0.237. The molecule has 1 N–H and O–H groups in total. The largest absolute Gasteiger partial charge is 0.339 e. The highest BCUT2D eigenvalue weighted by atomic mass is 19.1. The van der Waals surface area contributed by atoms with Gasteiger partial charge < -0.3 is 10.2 Å². The SMILES string of the molecule is C[C@@H]1CN(C(=O)c2cccnc2Nc2cccc(F)c2)c2ccccc21. The highest BCUT2D eigenvalue weighted by molar-refractivity contribution is 6.10. The minimum Gasteiger partial charge on any atom is -0.339 e. The Morgan fingerprint density at radius 1 is 1.15 bits per heavy atom. The molecule has 4 nitrogen and oxygen atoms in total. The number of nitrogens with zero attached hydrogens (tertiary/aromatic N) is 2. The number of aromatic nitrogens is 1. The lowest BCUT2D eigenvalue weighted by molar-refractivity contribution is 0.0989. The first-order valence-electron chi connectivity index (χ1n) is 8.52. The van der Waals surface area contributed by atoms with Crippen LogP contribution in [0.2, 0.25) is 0 Å². The van der Waals surface area contributed by atoms with Crippen molar-refractivity contribution in [1.29, 1.82) is 0 Å². The third-order valence-electron chi connectivity index (χ3n) is 4.59. The van der Waals surface area contributed by atoms with Gasteiger partial charge in [0.25, 0.3) is 5.91 Å². The summed E-state index contributed by atoms with van der Waals surface area (Å²) in [4.78, 5) is 19.3. The van der Waals surface area contributed by atoms with Crippen molar-refractivity contribution >= 4 is 23.1 Å². The molecule has 4 rings (SSSR count). The van der Waals surface area contributed by atoms with Crippen LogP contribution in [0.25, 0.3) is 0 Å². The highest BCUT2D eigenvalue weighted by Crippen LogP contribution is 2.37. The lowest BCUT2D eigenvalue weighted by Crippen LogP contribution is -2.30. The third-order valence-corrected chi connectivity index (χ3v) is 4.59. The van der Waals surface area contributed by atoms with Crippen LogP contribution in [-0.2, 0) is 0 Å². The number of para-hydroxylation sites is 1. The maximum absolute atomic E-state index is 13.4. The van der Waals surface area contributed by atoms with E-state index in [-0.39, 0.29) is 17.6 Å². The van der Waals surface area contributed by atoms with Crippen LogP contribution in [0.4, 0.5) is 21.6 Å². The van der Waals surface area contributed by atoms with Crippen LogP contribution >= 0.6 is 0 Å². The van der Waals surface area contributed by atoms with E-state index in [0.717, 1.165) is 5.69 Å². The minimum absolute atomic E-state index is 0.117. The van der Waals surface area contributed by atoms with Crippen molar-refractivity contribution < 1.29 is 9.18 Å². The molecular formula is C21H18FN3O. The number of amides is 1. The molecule has 0 bridgehead atoms. The molecule has 0 radical (unpaired) electrons. The maximum Gasteiger partial charge on any atom is 0.262 e. The van der Waals surface area contributed by atoms with E-state index in [1.54, 1.807) is 35.4 Å². The number of benzene rings is 2. The molecule has 0 saturated heterocycles. The van der Waals surface area contributed by atoms with Gasteiger partial charge in [0, 0.05) is 30.0 Å². The van der Waals surface area contributed by atoms with E-state index >= 15 is 0 Å². The second kappa shape index (κ2) is 6.59. The first-order chi connectivity index (χ1) is 12.6. The Morgan fingerprint density at radius 2 is 2.00 bits per heavy atom. The van der Waals surface area contributed by atoms with Gasteiger partial charge in [-0.3, -0.25) is 4.79 Å². The standard InChI is InChI=1S/C21H18FN3O/c1-14-13-25(19-10-3-2-8-17(14)19)21(26)18-9-5-11-23-20(18)24-16-7-4-6-15(22)12-16/h2-12,14H,13H2,1H3,(H,23,24)/t14-/m1/s1. The molecule has 1 atom stereocenters. The average Bonchev–Trinajstić information content (AvgIpc) is 2.99. The van der Waals surface area contributed by atoms with Crippen molar-refractivity contribution in [2.75, 3.05) is 16.8 Å². The number of hydrogen-bond acceptors (Lipinski definition) is 3. The molecule has 0 unspecified atom stereocenters. The van der Waals surface area contributed by atoms with E-state index < -0.39 is 0 Å². The summed E-state index contributed by atoms with van der Waals surface area (Å²) in [5.41, 5.74) is 3.11. The first-order valence-corrected chi connectivity index (χ1v) is 8.52. The van der Waals surface area contributed by atoms with Crippen molar-refractivity contribution in [3.05, 3.63) is 83.8 Å². The lowest BCUT2D eigenvalue weighted by atomic mass is 10.0. The van der Waals surface area contributed by atoms with Crippen molar-refractivity contribution in [2.24, 2.45) is 0 Å². The summed E-state index contributed by atoms with van der Waals surface area (Å²) in [6, 6.07) is 17.5. The van der Waals surface area contributed by atoms with Crippen LogP contribution in [0, 0.1) is 5.82 Å². The summed E-state index contributed by atoms with van der Waals surface area (Å²) >= 11 is 0. The number of rotatable bonds is 3. The molecule has 3 aromatic rings. The quantitative estimate of drug-likeness (QED) is 0.745. The Morgan fingerprint density at radius 3 is 2.85 bits per heavy atom. The van der Waals surface area contributed by atoms with Gasteiger partial charge in [-0.05, 0) is 42.0 Å². The predicted octanol–water partition coefficient (Wildman–Crippen LogP) is 4.73. The zero-order valence-corrected chi connectivity index (χ0v) is 14.3. The normalized spacial score (nSPS) is 15.6. The fourth-order valence-corrected chi connectivity index (χ4v) is 3.34. The molecule has 0 saturated carbocycles. The average molecular weight is 347 g/mol. The number of nitrogens with one attached hydrogen (secondary N) is 1. The zero-order valence-electron chi connectivity index (χ0n) is 14.3. The van der Waals surface area contributed by atoms with Gasteiger partial charge >= 0.3 is 0 Å². The van der Waals surface area contributed by atoms with E-state index in [9.17, 15) is 9.18 Å². The van der Waals surface area contributed by atoms with Gasteiger partial charge in [0.1, 0.15) is 11.6 Å². The highest BCUT2D eigenvalue weighted by Gasteiger charge is 2.31.